The summed E-state index contributed by atoms with van der Waals surface area (Å²) in [6.07, 6.45) is 3.76. The number of furan rings is 1. The summed E-state index contributed by atoms with van der Waals surface area (Å²) in [7, 11) is 0. The highest BCUT2D eigenvalue weighted by atomic mass is 32.2. The number of aromatic nitrogens is 3. The van der Waals surface area contributed by atoms with Crippen LogP contribution in [0.2, 0.25) is 0 Å². The van der Waals surface area contributed by atoms with E-state index in [1.54, 1.807) is 6.26 Å². The van der Waals surface area contributed by atoms with E-state index >= 15 is 0 Å². The number of ether oxygens (including phenoxy) is 1. The molecule has 3 aromatic rings. The van der Waals surface area contributed by atoms with E-state index in [-0.39, 0.29) is 5.78 Å². The Balaban J connectivity index is 1.36. The zero-order valence-corrected chi connectivity index (χ0v) is 19.3. The summed E-state index contributed by atoms with van der Waals surface area (Å²) in [5.41, 5.74) is 1.83. The van der Waals surface area contributed by atoms with Gasteiger partial charge in [-0.1, -0.05) is 25.6 Å². The van der Waals surface area contributed by atoms with E-state index in [9.17, 15) is 4.79 Å². The Kier molecular flexibility index (Phi) is 5.95. The number of carbonyl (C=O) groups is 1. The molecule has 4 heterocycles. The first-order valence-electron chi connectivity index (χ1n) is 11.2. The van der Waals surface area contributed by atoms with E-state index < -0.39 is 0 Å². The average Bonchev–Trinajstić information content (AvgIpc) is 3.52. The monoisotopic (exact) mass is 452 g/mol. The molecule has 0 aliphatic carbocycles. The van der Waals surface area contributed by atoms with Crippen molar-refractivity contribution in [1.82, 2.24) is 14.8 Å². The van der Waals surface area contributed by atoms with Gasteiger partial charge in [-0.2, -0.15) is 0 Å². The van der Waals surface area contributed by atoms with Crippen LogP contribution < -0.4 is 9.64 Å². The molecular formula is C24H28N4O3S. The highest BCUT2D eigenvalue weighted by molar-refractivity contribution is 7.99. The highest BCUT2D eigenvalue weighted by Gasteiger charge is 2.27. The van der Waals surface area contributed by atoms with E-state index in [1.807, 2.05) is 30.3 Å². The third-order valence-corrected chi connectivity index (χ3v) is 7.05. The molecule has 1 saturated heterocycles. The highest BCUT2D eigenvalue weighted by Crippen LogP contribution is 2.30. The largest absolute Gasteiger partial charge is 0.493 e. The fourth-order valence-electron chi connectivity index (χ4n) is 4.72. The molecule has 0 radical (unpaired) electrons. The van der Waals surface area contributed by atoms with E-state index in [1.165, 1.54) is 18.2 Å². The van der Waals surface area contributed by atoms with Crippen LogP contribution in [0, 0.1) is 11.8 Å². The molecule has 5 rings (SSSR count). The van der Waals surface area contributed by atoms with Crippen molar-refractivity contribution in [1.29, 1.82) is 0 Å². The van der Waals surface area contributed by atoms with Crippen molar-refractivity contribution in [2.75, 3.05) is 30.3 Å². The topological polar surface area (TPSA) is 73.4 Å². The number of anilines is 1. The molecule has 1 aromatic carbocycles. The maximum Gasteiger partial charge on any atom is 0.228 e. The Bertz CT molecular complexity index is 1080. The van der Waals surface area contributed by atoms with Crippen LogP contribution in [-0.4, -0.2) is 46.0 Å². The molecule has 2 aromatic heterocycles. The number of carbonyl (C=O) groups excluding carboxylic acids is 1. The summed E-state index contributed by atoms with van der Waals surface area (Å²) in [6.45, 7) is 7.72. The number of Topliss-reactive ketones (excluding diaryl/α,β-unsaturated/α-hetero) is 1. The summed E-state index contributed by atoms with van der Waals surface area (Å²) in [4.78, 5) is 15.2. The zero-order valence-electron chi connectivity index (χ0n) is 18.5. The SMILES string of the molecule is CC1CC(C)CN(c2nnc(SCC(=O)c3ccc4c(c3)CCO4)n2Cc2ccco2)C1. The van der Waals surface area contributed by atoms with Gasteiger partial charge in [-0.3, -0.25) is 9.36 Å². The van der Waals surface area contributed by atoms with Crippen molar-refractivity contribution in [2.45, 2.75) is 38.4 Å². The number of benzene rings is 1. The fraction of sp³-hybridized carbons (Fsp3) is 0.458. The van der Waals surface area contributed by atoms with Crippen LogP contribution in [0.5, 0.6) is 5.75 Å². The lowest BCUT2D eigenvalue weighted by Crippen LogP contribution is -2.40. The fourth-order valence-corrected chi connectivity index (χ4v) is 5.55. The Morgan fingerprint density at radius 2 is 2.03 bits per heavy atom. The summed E-state index contributed by atoms with van der Waals surface area (Å²) in [5.74, 6) is 4.19. The third-order valence-electron chi connectivity index (χ3n) is 6.09. The van der Waals surface area contributed by atoms with Crippen molar-refractivity contribution >= 4 is 23.5 Å². The van der Waals surface area contributed by atoms with Crippen LogP contribution in [0.1, 0.15) is 41.9 Å². The van der Waals surface area contributed by atoms with Crippen LogP contribution in [0.3, 0.4) is 0 Å². The molecular weight excluding hydrogens is 424 g/mol. The van der Waals surface area contributed by atoms with Crippen molar-refractivity contribution in [3.8, 4) is 5.75 Å². The standard InChI is InChI=1S/C24H28N4O3S/c1-16-10-17(2)13-27(12-16)23-25-26-24(28(23)14-20-4-3-8-30-20)32-15-21(29)18-5-6-22-19(11-18)7-9-31-22/h3-6,8,11,16-17H,7,9-10,12-15H2,1-2H3. The molecule has 0 saturated carbocycles. The number of piperidine rings is 1. The van der Waals surface area contributed by atoms with Crippen molar-refractivity contribution < 1.29 is 13.9 Å². The molecule has 2 aliphatic rings. The van der Waals surface area contributed by atoms with E-state index in [4.69, 9.17) is 9.15 Å². The lowest BCUT2D eigenvalue weighted by atomic mass is 9.92. The minimum absolute atomic E-state index is 0.0824. The second-order valence-electron chi connectivity index (χ2n) is 8.93. The van der Waals surface area contributed by atoms with Gasteiger partial charge in [0.05, 0.1) is 25.2 Å². The molecule has 8 heteroatoms. The van der Waals surface area contributed by atoms with E-state index in [2.05, 4.69) is 33.5 Å². The van der Waals surface area contributed by atoms with Gasteiger partial charge in [0, 0.05) is 25.1 Å². The molecule has 7 nitrogen and oxygen atoms in total. The first-order valence-corrected chi connectivity index (χ1v) is 12.2. The second kappa shape index (κ2) is 9.02. The number of hydrogen-bond acceptors (Lipinski definition) is 7. The summed E-state index contributed by atoms with van der Waals surface area (Å²) >= 11 is 1.43. The minimum atomic E-state index is 0.0824. The third kappa shape index (κ3) is 4.41. The number of hydrogen-bond donors (Lipinski definition) is 0. The average molecular weight is 453 g/mol. The molecule has 2 aliphatic heterocycles. The smallest absolute Gasteiger partial charge is 0.228 e. The molecule has 2 atom stereocenters. The van der Waals surface area contributed by atoms with Crippen LogP contribution in [0.25, 0.3) is 0 Å². The molecule has 1 fully saturated rings. The van der Waals surface area contributed by atoms with E-state index in [0.717, 1.165) is 53.3 Å². The Morgan fingerprint density at radius 1 is 1.19 bits per heavy atom. The predicted octanol–water partition coefficient (Wildman–Crippen LogP) is 4.31. The summed E-state index contributed by atoms with van der Waals surface area (Å²) in [5, 5.41) is 9.74. The zero-order chi connectivity index (χ0) is 22.1. The molecule has 0 amide bonds. The van der Waals surface area contributed by atoms with Crippen molar-refractivity contribution in [3.63, 3.8) is 0 Å². The molecule has 0 spiro atoms. The lowest BCUT2D eigenvalue weighted by molar-refractivity contribution is 0.102. The van der Waals surface area contributed by atoms with Crippen molar-refractivity contribution in [3.05, 3.63) is 53.5 Å². The lowest BCUT2D eigenvalue weighted by Gasteiger charge is -2.35. The normalized spacial score (nSPS) is 20.2. The molecule has 168 valence electrons. The van der Waals surface area contributed by atoms with Gasteiger partial charge in [-0.05, 0) is 54.2 Å². The van der Waals surface area contributed by atoms with Gasteiger partial charge >= 0.3 is 0 Å². The first-order chi connectivity index (χ1) is 15.6. The Hall–Kier alpha value is -2.74. The van der Waals surface area contributed by atoms with Crippen LogP contribution >= 0.6 is 11.8 Å². The van der Waals surface area contributed by atoms with Crippen LogP contribution in [0.15, 0.2) is 46.2 Å². The van der Waals surface area contributed by atoms with Gasteiger partial charge in [-0.25, -0.2) is 0 Å². The first kappa shape index (κ1) is 21.1. The summed E-state index contributed by atoms with van der Waals surface area (Å²) < 4.78 is 13.2. The number of rotatable bonds is 7. The number of thioether (sulfide) groups is 1. The van der Waals surface area contributed by atoms with E-state index in [0.29, 0.717) is 30.7 Å². The van der Waals surface area contributed by atoms with Crippen LogP contribution in [0.4, 0.5) is 5.95 Å². The van der Waals surface area contributed by atoms with Crippen LogP contribution in [-0.2, 0) is 13.0 Å². The molecule has 0 N–H and O–H groups in total. The Morgan fingerprint density at radius 3 is 2.81 bits per heavy atom. The maximum atomic E-state index is 12.9. The van der Waals surface area contributed by atoms with Gasteiger partial charge in [0.2, 0.25) is 5.95 Å². The number of fused-ring (bicyclic) bond motifs is 1. The molecule has 2 unspecified atom stereocenters. The van der Waals surface area contributed by atoms with Gasteiger partial charge in [0.1, 0.15) is 11.5 Å². The van der Waals surface area contributed by atoms with Gasteiger partial charge in [-0.15, -0.1) is 10.2 Å². The quantitative estimate of drug-likeness (QED) is 0.391. The second-order valence-corrected chi connectivity index (χ2v) is 9.87. The van der Waals surface area contributed by atoms with Crippen molar-refractivity contribution in [2.24, 2.45) is 11.8 Å². The minimum Gasteiger partial charge on any atom is -0.493 e. The number of nitrogens with zero attached hydrogens (tertiary/aromatic N) is 4. The number of ketones is 1. The maximum absolute atomic E-state index is 12.9. The van der Waals surface area contributed by atoms with Gasteiger partial charge < -0.3 is 14.1 Å². The Labute approximate surface area is 192 Å². The molecule has 0 bridgehead atoms. The van der Waals surface area contributed by atoms with Gasteiger partial charge in [0.15, 0.2) is 10.9 Å². The summed E-state index contributed by atoms with van der Waals surface area (Å²) in [6, 6.07) is 9.55. The predicted molar refractivity (Wildman–Crippen MR) is 124 cm³/mol. The molecule has 32 heavy (non-hydrogen) atoms. The van der Waals surface area contributed by atoms with Gasteiger partial charge in [0.25, 0.3) is 0 Å².